The van der Waals surface area contributed by atoms with Crippen molar-refractivity contribution < 1.29 is 24.2 Å². The number of amides is 1. The predicted octanol–water partition coefficient (Wildman–Crippen LogP) is 4.90. The maximum atomic E-state index is 13.2. The van der Waals surface area contributed by atoms with Gasteiger partial charge in [0.25, 0.3) is 0 Å². The molecule has 2 aliphatic heterocycles. The summed E-state index contributed by atoms with van der Waals surface area (Å²) in [5.74, 6) is 0.0359. The lowest BCUT2D eigenvalue weighted by Crippen LogP contribution is -2.49. The number of aromatic nitrogens is 2. The number of nitrogens with one attached hydrogen (secondary N) is 1. The van der Waals surface area contributed by atoms with Gasteiger partial charge in [-0.1, -0.05) is 11.6 Å². The molecule has 194 valence electrons. The number of ether oxygens (including phenoxy) is 2. The first-order valence-electron chi connectivity index (χ1n) is 12.1. The van der Waals surface area contributed by atoms with Crippen LogP contribution in [0.25, 0.3) is 17.1 Å². The van der Waals surface area contributed by atoms with Crippen LogP contribution in [-0.2, 0) is 11.3 Å². The Morgan fingerprint density at radius 1 is 1.27 bits per heavy atom. The highest BCUT2D eigenvalue weighted by molar-refractivity contribution is 6.33. The van der Waals surface area contributed by atoms with E-state index >= 15 is 0 Å². The zero-order chi connectivity index (χ0) is 26.5. The molecular formula is C27H29ClN4O5. The van der Waals surface area contributed by atoms with Crippen molar-refractivity contribution in [1.82, 2.24) is 19.8 Å². The summed E-state index contributed by atoms with van der Waals surface area (Å²) in [5.41, 5.74) is 2.58. The Balaban J connectivity index is 1.36. The van der Waals surface area contributed by atoms with Crippen molar-refractivity contribution in [3.05, 3.63) is 57.6 Å². The minimum absolute atomic E-state index is 0.0890. The molecule has 1 amide bonds. The van der Waals surface area contributed by atoms with Crippen LogP contribution >= 0.6 is 11.6 Å². The fourth-order valence-electron chi connectivity index (χ4n) is 4.51. The average molecular weight is 525 g/mol. The van der Waals surface area contributed by atoms with Crippen LogP contribution in [0.15, 0.2) is 30.2 Å². The van der Waals surface area contributed by atoms with Gasteiger partial charge in [0.1, 0.15) is 22.7 Å². The second-order valence-corrected chi connectivity index (χ2v) is 10.7. The number of aromatic amines is 1. The Labute approximate surface area is 219 Å². The minimum atomic E-state index is -0.557. The van der Waals surface area contributed by atoms with Gasteiger partial charge >= 0.3 is 6.09 Å². The van der Waals surface area contributed by atoms with Crippen LogP contribution < -0.4 is 4.74 Å². The number of H-pyrrole nitrogens is 1. The monoisotopic (exact) mass is 524 g/mol. The summed E-state index contributed by atoms with van der Waals surface area (Å²) in [6.07, 6.45) is 3.11. The maximum Gasteiger partial charge on any atom is 0.410 e. The van der Waals surface area contributed by atoms with Crippen LogP contribution in [0.4, 0.5) is 4.79 Å². The summed E-state index contributed by atoms with van der Waals surface area (Å²) in [5, 5.41) is 11.7. The van der Waals surface area contributed by atoms with E-state index in [1.165, 1.54) is 6.07 Å². The molecule has 1 aromatic carbocycles. The summed E-state index contributed by atoms with van der Waals surface area (Å²) in [7, 11) is 0. The number of phenolic OH excluding ortho intramolecular Hbond substituents is 1. The highest BCUT2D eigenvalue weighted by atomic mass is 35.5. The molecule has 0 bridgehead atoms. The zero-order valence-electron chi connectivity index (χ0n) is 21.2. The molecule has 0 aliphatic carbocycles. The third kappa shape index (κ3) is 5.01. The molecule has 37 heavy (non-hydrogen) atoms. The molecule has 9 nitrogen and oxygen atoms in total. The van der Waals surface area contributed by atoms with Crippen molar-refractivity contribution in [3.63, 3.8) is 0 Å². The predicted molar refractivity (Wildman–Crippen MR) is 140 cm³/mol. The van der Waals surface area contributed by atoms with Crippen molar-refractivity contribution in [2.24, 2.45) is 0 Å². The Morgan fingerprint density at radius 3 is 2.70 bits per heavy atom. The van der Waals surface area contributed by atoms with Gasteiger partial charge < -0.3 is 24.5 Å². The Kier molecular flexibility index (Phi) is 6.37. The lowest BCUT2D eigenvalue weighted by atomic mass is 10.0. The van der Waals surface area contributed by atoms with Crippen LogP contribution in [0.1, 0.15) is 48.0 Å². The van der Waals surface area contributed by atoms with E-state index in [1.54, 1.807) is 17.2 Å². The van der Waals surface area contributed by atoms with E-state index in [2.05, 4.69) is 14.9 Å². The van der Waals surface area contributed by atoms with Crippen LogP contribution in [0.3, 0.4) is 0 Å². The number of Topliss-reactive ketones (excluding diaryl/α,β-unsaturated/α-hetero) is 1. The minimum Gasteiger partial charge on any atom is -0.506 e. The van der Waals surface area contributed by atoms with Gasteiger partial charge in [-0.2, -0.15) is 0 Å². The second kappa shape index (κ2) is 9.39. The van der Waals surface area contributed by atoms with E-state index < -0.39 is 5.60 Å². The molecule has 0 atom stereocenters. The van der Waals surface area contributed by atoms with Gasteiger partial charge in [-0.25, -0.2) is 9.78 Å². The number of aromatic hydroxyl groups is 1. The lowest BCUT2D eigenvalue weighted by molar-refractivity contribution is 0.0138. The lowest BCUT2D eigenvalue weighted by Gasteiger charge is -2.35. The van der Waals surface area contributed by atoms with Gasteiger partial charge in [0, 0.05) is 55.6 Å². The molecule has 1 saturated heterocycles. The summed E-state index contributed by atoms with van der Waals surface area (Å²) >= 11 is 6.31. The number of rotatable bonds is 3. The first-order chi connectivity index (χ1) is 17.5. The molecule has 0 saturated carbocycles. The molecule has 0 spiro atoms. The van der Waals surface area contributed by atoms with Crippen LogP contribution in [0.2, 0.25) is 5.02 Å². The molecule has 4 heterocycles. The van der Waals surface area contributed by atoms with E-state index in [-0.39, 0.29) is 28.4 Å². The summed E-state index contributed by atoms with van der Waals surface area (Å²) in [6.45, 7) is 9.84. The number of fused-ring (bicyclic) bond motifs is 2. The van der Waals surface area contributed by atoms with Crippen molar-refractivity contribution in [3.8, 4) is 11.5 Å². The third-order valence-corrected chi connectivity index (χ3v) is 6.67. The maximum absolute atomic E-state index is 13.2. The normalized spacial score (nSPS) is 17.4. The van der Waals surface area contributed by atoms with Gasteiger partial charge in [-0.15, -0.1) is 0 Å². The number of piperazine rings is 1. The summed E-state index contributed by atoms with van der Waals surface area (Å²) in [6, 6.07) is 5.29. The molecule has 1 fully saturated rings. The Hall–Kier alpha value is -3.56. The number of allylic oxidation sites excluding steroid dienone is 1. The number of carbonyl (C=O) groups is 2. The van der Waals surface area contributed by atoms with Crippen LogP contribution in [-0.4, -0.2) is 68.5 Å². The van der Waals surface area contributed by atoms with E-state index in [4.69, 9.17) is 21.1 Å². The first kappa shape index (κ1) is 25.1. The SMILES string of the molecule is Cc1ccc2c(C=C3Oc4c(cc(Cl)c(O)c4CN4CCN(C(=O)OC(C)(C)C)CC4)C3=O)c[nH]c2n1. The fourth-order valence-corrected chi connectivity index (χ4v) is 4.74. The first-order valence-corrected chi connectivity index (χ1v) is 12.5. The summed E-state index contributed by atoms with van der Waals surface area (Å²) < 4.78 is 11.5. The smallest absolute Gasteiger partial charge is 0.410 e. The Morgan fingerprint density at radius 2 is 2.00 bits per heavy atom. The van der Waals surface area contributed by atoms with E-state index in [1.807, 2.05) is 39.8 Å². The van der Waals surface area contributed by atoms with E-state index in [9.17, 15) is 14.7 Å². The van der Waals surface area contributed by atoms with Gasteiger partial charge in [-0.3, -0.25) is 9.69 Å². The van der Waals surface area contributed by atoms with Gasteiger partial charge in [0.05, 0.1) is 16.1 Å². The fraction of sp³-hybridized carbons (Fsp3) is 0.370. The number of pyridine rings is 1. The number of hydrogen-bond donors (Lipinski definition) is 2. The van der Waals surface area contributed by atoms with Gasteiger partial charge in [0.15, 0.2) is 5.76 Å². The number of benzene rings is 1. The molecule has 2 aromatic heterocycles. The highest BCUT2D eigenvalue weighted by Crippen LogP contribution is 2.44. The highest BCUT2D eigenvalue weighted by Gasteiger charge is 2.34. The van der Waals surface area contributed by atoms with Gasteiger partial charge in [0.2, 0.25) is 5.78 Å². The van der Waals surface area contributed by atoms with Crippen molar-refractivity contribution in [2.45, 2.75) is 39.8 Å². The standard InChI is InChI=1S/C27H29ClN4O5/c1-15-5-6-17-16(13-29-25(17)30-15)11-21-23(34)18-12-20(28)22(33)19(24(18)36-21)14-31-7-9-32(10-8-31)26(35)37-27(2,3)4/h5-6,11-13,33H,7-10,14H2,1-4H3,(H,29,30). The quantitative estimate of drug-likeness (QED) is 0.469. The molecule has 0 radical (unpaired) electrons. The van der Waals surface area contributed by atoms with Gasteiger partial charge in [-0.05, 0) is 52.0 Å². The van der Waals surface area contributed by atoms with Crippen LogP contribution in [0.5, 0.6) is 11.5 Å². The summed E-state index contributed by atoms with van der Waals surface area (Å²) in [4.78, 5) is 36.9. The molecule has 5 rings (SSSR count). The number of carbonyl (C=O) groups excluding carboxylic acids is 2. The number of phenols is 1. The largest absolute Gasteiger partial charge is 0.506 e. The van der Waals surface area contributed by atoms with E-state index in [0.717, 1.165) is 22.3 Å². The molecular weight excluding hydrogens is 496 g/mol. The number of ketones is 1. The molecule has 2 N–H and O–H groups in total. The number of halogens is 1. The number of hydrogen-bond acceptors (Lipinski definition) is 7. The average Bonchev–Trinajstić information content (AvgIpc) is 3.37. The molecule has 2 aliphatic rings. The molecule has 3 aromatic rings. The number of aryl methyl sites for hydroxylation is 1. The topological polar surface area (TPSA) is 108 Å². The zero-order valence-corrected chi connectivity index (χ0v) is 22.0. The van der Waals surface area contributed by atoms with E-state index in [0.29, 0.717) is 49.6 Å². The molecule has 10 heteroatoms. The molecule has 0 unspecified atom stereocenters. The van der Waals surface area contributed by atoms with Crippen molar-refractivity contribution in [1.29, 1.82) is 0 Å². The van der Waals surface area contributed by atoms with Crippen molar-refractivity contribution in [2.75, 3.05) is 26.2 Å². The second-order valence-electron chi connectivity index (χ2n) is 10.3. The number of nitrogens with zero attached hydrogens (tertiary/aromatic N) is 3. The van der Waals surface area contributed by atoms with Crippen LogP contribution in [0, 0.1) is 6.92 Å². The Bertz CT molecular complexity index is 1430. The van der Waals surface area contributed by atoms with Crippen molar-refractivity contribution >= 4 is 40.6 Å². The third-order valence-electron chi connectivity index (χ3n) is 6.38.